The molecule has 4 rings (SSSR count). The highest BCUT2D eigenvalue weighted by Gasteiger charge is 2.33. The Labute approximate surface area is 174 Å². The van der Waals surface area contributed by atoms with Crippen molar-refractivity contribution in [2.75, 3.05) is 0 Å². The van der Waals surface area contributed by atoms with Crippen LogP contribution in [-0.4, -0.2) is 15.3 Å². The number of rotatable bonds is 7. The molecule has 1 aromatic heterocycles. The molecule has 6 heteroatoms. The van der Waals surface area contributed by atoms with Crippen LogP contribution in [0, 0.1) is 10.1 Å². The molecule has 1 atom stereocenters. The van der Waals surface area contributed by atoms with Crippen molar-refractivity contribution in [3.8, 4) is 11.3 Å². The number of Topliss-reactive ketones (excluding diaryl/α,β-unsaturated/α-hetero) is 1. The van der Waals surface area contributed by atoms with Gasteiger partial charge in [0.25, 0.3) is 11.2 Å². The van der Waals surface area contributed by atoms with Crippen molar-refractivity contribution in [2.24, 2.45) is 0 Å². The zero-order valence-corrected chi connectivity index (χ0v) is 17.2. The molecule has 0 saturated carbocycles. The van der Waals surface area contributed by atoms with E-state index in [0.717, 1.165) is 48.1 Å². The van der Waals surface area contributed by atoms with Crippen LogP contribution < -0.4 is 5.56 Å². The van der Waals surface area contributed by atoms with Crippen LogP contribution >= 0.6 is 0 Å². The van der Waals surface area contributed by atoms with Crippen LogP contribution in [0.3, 0.4) is 0 Å². The SMILES string of the molecule is CCCCCc1c2n(c(=O)c3ccc([N+](=O)[O-])cc13)C(CC(C)=O)c1ccccc1-2. The minimum Gasteiger partial charge on any atom is -0.300 e. The number of aromatic nitrogens is 1. The number of pyridine rings is 1. The minimum absolute atomic E-state index is 0.0184. The Morgan fingerprint density at radius 1 is 1.13 bits per heavy atom. The van der Waals surface area contributed by atoms with Gasteiger partial charge in [0, 0.05) is 29.5 Å². The first-order valence-electron chi connectivity index (χ1n) is 10.4. The Bertz CT molecular complexity index is 1230. The standard InChI is InChI=1S/C24H24N2O4/c1-3-4-5-9-19-21-14-16(26(29)30)11-12-20(21)24(28)25-22(13-15(2)27)17-8-6-7-10-18(17)23(19)25/h6-8,10-12,14,22H,3-5,9,13H2,1-2H3. The summed E-state index contributed by atoms with van der Waals surface area (Å²) in [4.78, 5) is 36.5. The average molecular weight is 404 g/mol. The second-order valence-corrected chi connectivity index (χ2v) is 7.96. The summed E-state index contributed by atoms with van der Waals surface area (Å²) in [6, 6.07) is 11.9. The van der Waals surface area contributed by atoms with Crippen molar-refractivity contribution in [2.45, 2.75) is 52.0 Å². The quantitative estimate of drug-likeness (QED) is 0.308. The van der Waals surface area contributed by atoms with Gasteiger partial charge < -0.3 is 0 Å². The van der Waals surface area contributed by atoms with E-state index < -0.39 is 4.92 Å². The fourth-order valence-corrected chi connectivity index (χ4v) is 4.60. The van der Waals surface area contributed by atoms with E-state index in [1.54, 1.807) is 10.6 Å². The minimum atomic E-state index is -0.424. The van der Waals surface area contributed by atoms with Gasteiger partial charge in [-0.05, 0) is 42.3 Å². The number of carbonyl (C=O) groups is 1. The molecule has 0 aliphatic carbocycles. The first kappa shape index (κ1) is 20.0. The Hall–Kier alpha value is -3.28. The lowest BCUT2D eigenvalue weighted by Gasteiger charge is -2.18. The maximum Gasteiger partial charge on any atom is 0.270 e. The molecule has 0 bridgehead atoms. The lowest BCUT2D eigenvalue weighted by Crippen LogP contribution is -2.26. The molecule has 1 aliphatic rings. The maximum absolute atomic E-state index is 13.5. The molecule has 0 N–H and O–H groups in total. The smallest absolute Gasteiger partial charge is 0.270 e. The second-order valence-electron chi connectivity index (χ2n) is 7.96. The van der Waals surface area contributed by atoms with Gasteiger partial charge in [-0.15, -0.1) is 0 Å². The van der Waals surface area contributed by atoms with E-state index in [0.29, 0.717) is 10.8 Å². The maximum atomic E-state index is 13.5. The van der Waals surface area contributed by atoms with E-state index in [4.69, 9.17) is 0 Å². The summed E-state index contributed by atoms with van der Waals surface area (Å²) in [7, 11) is 0. The highest BCUT2D eigenvalue weighted by Crippen LogP contribution is 2.44. The number of aryl methyl sites for hydroxylation is 1. The highest BCUT2D eigenvalue weighted by atomic mass is 16.6. The molecule has 6 nitrogen and oxygen atoms in total. The molecule has 30 heavy (non-hydrogen) atoms. The van der Waals surface area contributed by atoms with Crippen molar-refractivity contribution in [1.29, 1.82) is 0 Å². The fraction of sp³-hybridized carbons (Fsp3) is 0.333. The largest absolute Gasteiger partial charge is 0.300 e. The molecule has 0 fully saturated rings. The van der Waals surface area contributed by atoms with Crippen LogP contribution in [0.2, 0.25) is 0 Å². The highest BCUT2D eigenvalue weighted by molar-refractivity contribution is 5.93. The summed E-state index contributed by atoms with van der Waals surface area (Å²) in [5.74, 6) is 0.0193. The molecule has 0 saturated heterocycles. The van der Waals surface area contributed by atoms with Crippen LogP contribution in [0.15, 0.2) is 47.3 Å². The molecule has 2 aromatic carbocycles. The number of nitro groups is 1. The Morgan fingerprint density at radius 2 is 1.90 bits per heavy atom. The van der Waals surface area contributed by atoms with Crippen LogP contribution in [0.5, 0.6) is 0 Å². The fourth-order valence-electron chi connectivity index (χ4n) is 4.60. The van der Waals surface area contributed by atoms with Gasteiger partial charge >= 0.3 is 0 Å². The lowest BCUT2D eigenvalue weighted by molar-refractivity contribution is -0.384. The third-order valence-electron chi connectivity index (χ3n) is 5.91. The Kier molecular flexibility index (Phi) is 5.24. The van der Waals surface area contributed by atoms with Gasteiger partial charge in [-0.1, -0.05) is 44.0 Å². The Morgan fingerprint density at radius 3 is 2.60 bits per heavy atom. The summed E-state index contributed by atoms with van der Waals surface area (Å²) >= 11 is 0. The lowest BCUT2D eigenvalue weighted by atomic mass is 9.94. The molecule has 0 radical (unpaired) electrons. The zero-order chi connectivity index (χ0) is 21.4. The number of unbranched alkanes of at least 4 members (excludes halogenated alkanes) is 2. The number of nitro benzene ring substituents is 1. The van der Waals surface area contributed by atoms with E-state index >= 15 is 0 Å². The van der Waals surface area contributed by atoms with E-state index in [-0.39, 0.29) is 29.5 Å². The number of non-ortho nitro benzene ring substituents is 1. The predicted octanol–water partition coefficient (Wildman–Crippen LogP) is 5.19. The van der Waals surface area contributed by atoms with Crippen molar-refractivity contribution >= 4 is 22.2 Å². The van der Waals surface area contributed by atoms with E-state index in [2.05, 4.69) is 6.92 Å². The summed E-state index contributed by atoms with van der Waals surface area (Å²) in [6.07, 6.45) is 3.99. The van der Waals surface area contributed by atoms with Crippen LogP contribution in [0.25, 0.3) is 22.0 Å². The predicted molar refractivity (Wildman–Crippen MR) is 117 cm³/mol. The number of ketones is 1. The van der Waals surface area contributed by atoms with Gasteiger partial charge in [0.2, 0.25) is 0 Å². The third-order valence-corrected chi connectivity index (χ3v) is 5.91. The Balaban J connectivity index is 2.08. The topological polar surface area (TPSA) is 82.2 Å². The summed E-state index contributed by atoms with van der Waals surface area (Å²) in [6.45, 7) is 3.67. The van der Waals surface area contributed by atoms with E-state index in [9.17, 15) is 19.7 Å². The van der Waals surface area contributed by atoms with Gasteiger partial charge in [-0.3, -0.25) is 24.3 Å². The first-order valence-corrected chi connectivity index (χ1v) is 10.4. The second kappa shape index (κ2) is 7.86. The molecule has 1 unspecified atom stereocenters. The molecule has 0 spiro atoms. The molecular weight excluding hydrogens is 380 g/mol. The molecule has 154 valence electrons. The van der Waals surface area contributed by atoms with Crippen molar-refractivity contribution < 1.29 is 9.72 Å². The van der Waals surface area contributed by atoms with E-state index in [1.807, 2.05) is 24.3 Å². The average Bonchev–Trinajstić information content (AvgIpc) is 3.04. The van der Waals surface area contributed by atoms with Crippen molar-refractivity contribution in [3.63, 3.8) is 0 Å². The molecule has 2 heterocycles. The number of hydrogen-bond acceptors (Lipinski definition) is 4. The first-order chi connectivity index (χ1) is 14.4. The number of nitrogens with zero attached hydrogens (tertiary/aromatic N) is 2. The van der Waals surface area contributed by atoms with Gasteiger partial charge in [0.1, 0.15) is 5.78 Å². The molecule has 0 amide bonds. The van der Waals surface area contributed by atoms with Gasteiger partial charge in [0.05, 0.1) is 16.7 Å². The number of hydrogen-bond donors (Lipinski definition) is 0. The third kappa shape index (κ3) is 3.22. The van der Waals surface area contributed by atoms with Gasteiger partial charge in [0.15, 0.2) is 0 Å². The van der Waals surface area contributed by atoms with Gasteiger partial charge in [-0.25, -0.2) is 0 Å². The number of benzene rings is 2. The van der Waals surface area contributed by atoms with Crippen molar-refractivity contribution in [3.05, 3.63) is 74.1 Å². The van der Waals surface area contributed by atoms with Crippen molar-refractivity contribution in [1.82, 2.24) is 4.57 Å². The van der Waals surface area contributed by atoms with Crippen LogP contribution in [-0.2, 0) is 11.2 Å². The molecule has 3 aromatic rings. The number of fused-ring (bicyclic) bond motifs is 4. The normalized spacial score (nSPS) is 14.5. The van der Waals surface area contributed by atoms with Crippen LogP contribution in [0.4, 0.5) is 5.69 Å². The van der Waals surface area contributed by atoms with Crippen LogP contribution in [0.1, 0.15) is 56.7 Å². The van der Waals surface area contributed by atoms with Gasteiger partial charge in [-0.2, -0.15) is 0 Å². The summed E-state index contributed by atoms with van der Waals surface area (Å²) in [5, 5.41) is 12.5. The zero-order valence-electron chi connectivity index (χ0n) is 17.2. The molecule has 1 aliphatic heterocycles. The monoisotopic (exact) mass is 404 g/mol. The summed E-state index contributed by atoms with van der Waals surface area (Å²) < 4.78 is 1.75. The molecular formula is C24H24N2O4. The summed E-state index contributed by atoms with van der Waals surface area (Å²) in [5.41, 5.74) is 3.46. The van der Waals surface area contributed by atoms with E-state index in [1.165, 1.54) is 19.1 Å². The number of carbonyl (C=O) groups excluding carboxylic acids is 1.